The van der Waals surface area contributed by atoms with Crippen molar-refractivity contribution in [2.75, 3.05) is 6.61 Å². The van der Waals surface area contributed by atoms with Crippen molar-refractivity contribution in [2.45, 2.75) is 13.5 Å². The van der Waals surface area contributed by atoms with Crippen molar-refractivity contribution in [3.8, 4) is 11.1 Å². The van der Waals surface area contributed by atoms with Crippen LogP contribution in [0, 0.1) is 0 Å². The van der Waals surface area contributed by atoms with Gasteiger partial charge in [-0.05, 0) is 35.7 Å². The van der Waals surface area contributed by atoms with Gasteiger partial charge in [-0.1, -0.05) is 48.0 Å². The van der Waals surface area contributed by atoms with Gasteiger partial charge in [-0.15, -0.1) is 0 Å². The lowest BCUT2D eigenvalue weighted by atomic mass is 10.0. The topological polar surface area (TPSA) is 9.23 Å². The van der Waals surface area contributed by atoms with Gasteiger partial charge in [0.05, 0.1) is 6.61 Å². The lowest BCUT2D eigenvalue weighted by Gasteiger charge is -2.05. The molecule has 2 aromatic rings. The minimum absolute atomic E-state index is 0.678. The highest BCUT2D eigenvalue weighted by Gasteiger charge is 1.98. The average Bonchev–Trinajstić information content (AvgIpc) is 2.38. The summed E-state index contributed by atoms with van der Waals surface area (Å²) >= 11 is 5.87. The summed E-state index contributed by atoms with van der Waals surface area (Å²) in [5.74, 6) is 0. The predicted octanol–water partition coefficient (Wildman–Crippen LogP) is 4.54. The first-order valence-corrected chi connectivity index (χ1v) is 6.10. The number of halogens is 1. The van der Waals surface area contributed by atoms with E-state index in [0.29, 0.717) is 6.61 Å². The van der Waals surface area contributed by atoms with E-state index in [-0.39, 0.29) is 0 Å². The number of hydrogen-bond donors (Lipinski definition) is 0. The Bertz CT molecular complexity index is 459. The van der Waals surface area contributed by atoms with Crippen molar-refractivity contribution in [1.82, 2.24) is 0 Å². The summed E-state index contributed by atoms with van der Waals surface area (Å²) < 4.78 is 5.36. The monoisotopic (exact) mass is 246 g/mol. The molecule has 0 radical (unpaired) electrons. The predicted molar refractivity (Wildman–Crippen MR) is 72.2 cm³/mol. The summed E-state index contributed by atoms with van der Waals surface area (Å²) in [7, 11) is 0. The van der Waals surface area contributed by atoms with Crippen molar-refractivity contribution in [1.29, 1.82) is 0 Å². The van der Waals surface area contributed by atoms with Crippen molar-refractivity contribution in [3.63, 3.8) is 0 Å². The Morgan fingerprint density at radius 3 is 1.94 bits per heavy atom. The Hall–Kier alpha value is -1.31. The SMILES string of the molecule is CCOCc1ccc(-c2ccc(Cl)cc2)cc1. The lowest BCUT2D eigenvalue weighted by molar-refractivity contribution is 0.134. The van der Waals surface area contributed by atoms with Crippen LogP contribution >= 0.6 is 11.6 Å². The van der Waals surface area contributed by atoms with Crippen LogP contribution in [-0.4, -0.2) is 6.61 Å². The molecule has 2 rings (SSSR count). The smallest absolute Gasteiger partial charge is 0.0716 e. The van der Waals surface area contributed by atoms with Crippen LogP contribution < -0.4 is 0 Å². The van der Waals surface area contributed by atoms with Gasteiger partial charge in [0.1, 0.15) is 0 Å². The third kappa shape index (κ3) is 3.32. The summed E-state index contributed by atoms with van der Waals surface area (Å²) in [6.07, 6.45) is 0. The number of hydrogen-bond acceptors (Lipinski definition) is 1. The molecule has 2 heteroatoms. The molecular weight excluding hydrogens is 232 g/mol. The van der Waals surface area contributed by atoms with E-state index in [2.05, 4.69) is 24.3 Å². The van der Waals surface area contributed by atoms with Crippen LogP contribution in [-0.2, 0) is 11.3 Å². The van der Waals surface area contributed by atoms with Gasteiger partial charge in [-0.25, -0.2) is 0 Å². The molecule has 0 heterocycles. The number of rotatable bonds is 4. The summed E-state index contributed by atoms with van der Waals surface area (Å²) in [6.45, 7) is 3.43. The molecule has 0 bridgehead atoms. The zero-order valence-electron chi connectivity index (χ0n) is 9.82. The average molecular weight is 247 g/mol. The standard InChI is InChI=1S/C15H15ClO/c1-2-17-11-12-3-5-13(6-4-12)14-7-9-15(16)10-8-14/h3-10H,2,11H2,1H3. The molecule has 0 aliphatic rings. The van der Waals surface area contributed by atoms with Crippen LogP contribution in [0.2, 0.25) is 5.02 Å². The van der Waals surface area contributed by atoms with Crippen molar-refractivity contribution < 1.29 is 4.74 Å². The number of ether oxygens (including phenoxy) is 1. The van der Waals surface area contributed by atoms with E-state index in [1.165, 1.54) is 16.7 Å². The van der Waals surface area contributed by atoms with E-state index in [1.54, 1.807) is 0 Å². The highest BCUT2D eigenvalue weighted by molar-refractivity contribution is 6.30. The quantitative estimate of drug-likeness (QED) is 0.769. The van der Waals surface area contributed by atoms with Gasteiger partial charge in [0, 0.05) is 11.6 Å². The molecule has 1 nitrogen and oxygen atoms in total. The van der Waals surface area contributed by atoms with E-state index >= 15 is 0 Å². The summed E-state index contributed by atoms with van der Waals surface area (Å²) in [5, 5.41) is 0.765. The van der Waals surface area contributed by atoms with E-state index in [0.717, 1.165) is 11.6 Å². The molecule has 17 heavy (non-hydrogen) atoms. The van der Waals surface area contributed by atoms with E-state index in [4.69, 9.17) is 16.3 Å². The highest BCUT2D eigenvalue weighted by atomic mass is 35.5. The largest absolute Gasteiger partial charge is 0.377 e. The molecule has 0 aromatic heterocycles. The highest BCUT2D eigenvalue weighted by Crippen LogP contribution is 2.21. The van der Waals surface area contributed by atoms with Crippen LogP contribution in [0.5, 0.6) is 0 Å². The molecule has 0 unspecified atom stereocenters. The van der Waals surface area contributed by atoms with Crippen LogP contribution in [0.1, 0.15) is 12.5 Å². The molecule has 0 N–H and O–H groups in total. The van der Waals surface area contributed by atoms with Crippen molar-refractivity contribution in [2.24, 2.45) is 0 Å². The fourth-order valence-electron chi connectivity index (χ4n) is 1.66. The van der Waals surface area contributed by atoms with Crippen LogP contribution in [0.25, 0.3) is 11.1 Å². The summed E-state index contributed by atoms with van der Waals surface area (Å²) in [4.78, 5) is 0. The van der Waals surface area contributed by atoms with Gasteiger partial charge >= 0.3 is 0 Å². The van der Waals surface area contributed by atoms with Gasteiger partial charge in [-0.2, -0.15) is 0 Å². The maximum atomic E-state index is 5.87. The first-order valence-electron chi connectivity index (χ1n) is 5.72. The second kappa shape index (κ2) is 5.85. The molecule has 0 saturated heterocycles. The Balaban J connectivity index is 2.14. The molecule has 0 spiro atoms. The molecule has 88 valence electrons. The van der Waals surface area contributed by atoms with Crippen LogP contribution in [0.4, 0.5) is 0 Å². The van der Waals surface area contributed by atoms with Crippen molar-refractivity contribution >= 4 is 11.6 Å². The lowest BCUT2D eigenvalue weighted by Crippen LogP contribution is -1.91. The third-order valence-electron chi connectivity index (χ3n) is 2.60. The maximum Gasteiger partial charge on any atom is 0.0716 e. The summed E-state index contributed by atoms with van der Waals surface area (Å²) in [6, 6.07) is 16.3. The van der Waals surface area contributed by atoms with Gasteiger partial charge in [0.15, 0.2) is 0 Å². The fraction of sp³-hybridized carbons (Fsp3) is 0.200. The first kappa shape index (κ1) is 12.2. The second-order valence-electron chi connectivity index (χ2n) is 3.84. The first-order chi connectivity index (χ1) is 8.29. The van der Waals surface area contributed by atoms with E-state index in [1.807, 2.05) is 31.2 Å². The fourth-order valence-corrected chi connectivity index (χ4v) is 1.78. The van der Waals surface area contributed by atoms with Crippen LogP contribution in [0.3, 0.4) is 0 Å². The van der Waals surface area contributed by atoms with Gasteiger partial charge in [-0.3, -0.25) is 0 Å². The molecule has 0 saturated carbocycles. The third-order valence-corrected chi connectivity index (χ3v) is 2.86. The molecular formula is C15H15ClO. The Labute approximate surface area is 107 Å². The Morgan fingerprint density at radius 2 is 1.41 bits per heavy atom. The molecule has 0 aliphatic carbocycles. The number of benzene rings is 2. The van der Waals surface area contributed by atoms with Crippen molar-refractivity contribution in [3.05, 3.63) is 59.1 Å². The summed E-state index contributed by atoms with van der Waals surface area (Å²) in [5.41, 5.74) is 3.57. The van der Waals surface area contributed by atoms with E-state index < -0.39 is 0 Å². The molecule has 0 amide bonds. The van der Waals surface area contributed by atoms with Gasteiger partial charge in [0.2, 0.25) is 0 Å². The van der Waals surface area contributed by atoms with Gasteiger partial charge in [0.25, 0.3) is 0 Å². The zero-order valence-corrected chi connectivity index (χ0v) is 10.6. The Morgan fingerprint density at radius 1 is 0.882 bits per heavy atom. The molecule has 2 aromatic carbocycles. The van der Waals surface area contributed by atoms with Crippen LogP contribution in [0.15, 0.2) is 48.5 Å². The molecule has 0 atom stereocenters. The van der Waals surface area contributed by atoms with Gasteiger partial charge < -0.3 is 4.74 Å². The minimum Gasteiger partial charge on any atom is -0.377 e. The Kier molecular flexibility index (Phi) is 4.18. The normalized spacial score (nSPS) is 10.5. The molecule has 0 fully saturated rings. The molecule has 0 aliphatic heterocycles. The maximum absolute atomic E-state index is 5.87. The zero-order chi connectivity index (χ0) is 12.1. The second-order valence-corrected chi connectivity index (χ2v) is 4.28. The minimum atomic E-state index is 0.678. The van der Waals surface area contributed by atoms with E-state index in [9.17, 15) is 0 Å².